The van der Waals surface area contributed by atoms with Crippen LogP contribution in [0.25, 0.3) is 0 Å². The molecule has 3 aliphatic rings. The summed E-state index contributed by atoms with van der Waals surface area (Å²) in [5.74, 6) is 1.98. The van der Waals surface area contributed by atoms with Crippen LogP contribution in [0.15, 0.2) is 0 Å². The molecular formula is C22H40N2O2. The summed E-state index contributed by atoms with van der Waals surface area (Å²) in [5.41, 5.74) is 0. The van der Waals surface area contributed by atoms with E-state index >= 15 is 0 Å². The van der Waals surface area contributed by atoms with Gasteiger partial charge in [-0.15, -0.1) is 0 Å². The van der Waals surface area contributed by atoms with Gasteiger partial charge in [-0.05, 0) is 63.8 Å². The second-order valence-electron chi connectivity index (χ2n) is 8.92. The molecule has 1 heterocycles. The first kappa shape index (κ1) is 20.1. The first-order chi connectivity index (χ1) is 12.8. The number of carbonyl (C=O) groups excluding carboxylic acids is 1. The van der Waals surface area contributed by atoms with Gasteiger partial charge in [0.25, 0.3) is 0 Å². The highest BCUT2D eigenvalue weighted by Gasteiger charge is 2.31. The summed E-state index contributed by atoms with van der Waals surface area (Å²) in [6.45, 7) is 7.40. The van der Waals surface area contributed by atoms with E-state index in [9.17, 15) is 4.79 Å². The van der Waals surface area contributed by atoms with Gasteiger partial charge in [0, 0.05) is 31.7 Å². The topological polar surface area (TPSA) is 41.6 Å². The molecule has 2 aliphatic carbocycles. The van der Waals surface area contributed by atoms with Gasteiger partial charge < -0.3 is 15.0 Å². The predicted molar refractivity (Wildman–Crippen MR) is 106 cm³/mol. The van der Waals surface area contributed by atoms with Crippen molar-refractivity contribution in [2.24, 2.45) is 17.8 Å². The van der Waals surface area contributed by atoms with E-state index in [2.05, 4.69) is 17.1 Å². The third kappa shape index (κ3) is 5.95. The fourth-order valence-corrected chi connectivity index (χ4v) is 5.35. The maximum atomic E-state index is 12.7. The molecule has 0 aromatic heterocycles. The van der Waals surface area contributed by atoms with Crippen molar-refractivity contribution in [3.63, 3.8) is 0 Å². The van der Waals surface area contributed by atoms with E-state index < -0.39 is 0 Å². The van der Waals surface area contributed by atoms with Crippen LogP contribution in [0.1, 0.15) is 77.6 Å². The minimum absolute atomic E-state index is 0.289. The molecule has 4 nitrogen and oxygen atoms in total. The van der Waals surface area contributed by atoms with Gasteiger partial charge in [0.2, 0.25) is 5.91 Å². The Bertz CT molecular complexity index is 422. The second kappa shape index (κ2) is 10.7. The van der Waals surface area contributed by atoms with Gasteiger partial charge in [-0.2, -0.15) is 0 Å². The number of amides is 1. The molecule has 0 aromatic carbocycles. The highest BCUT2D eigenvalue weighted by molar-refractivity contribution is 5.79. The summed E-state index contributed by atoms with van der Waals surface area (Å²) in [6.07, 6.45) is 13.7. The van der Waals surface area contributed by atoms with Crippen LogP contribution in [0.2, 0.25) is 0 Å². The molecule has 150 valence electrons. The first-order valence-corrected chi connectivity index (χ1v) is 11.4. The van der Waals surface area contributed by atoms with E-state index in [1.165, 1.54) is 70.9 Å². The number of piperidine rings is 1. The summed E-state index contributed by atoms with van der Waals surface area (Å²) in [4.78, 5) is 15.4. The molecule has 1 saturated heterocycles. The molecule has 1 amide bonds. The highest BCUT2D eigenvalue weighted by Crippen LogP contribution is 2.29. The van der Waals surface area contributed by atoms with Crippen molar-refractivity contribution in [2.45, 2.75) is 83.6 Å². The molecule has 0 bridgehead atoms. The molecule has 4 heteroatoms. The quantitative estimate of drug-likeness (QED) is 0.743. The van der Waals surface area contributed by atoms with Gasteiger partial charge in [-0.25, -0.2) is 0 Å². The number of rotatable bonds is 7. The Hall–Kier alpha value is -0.610. The van der Waals surface area contributed by atoms with E-state index in [1.807, 2.05) is 0 Å². The van der Waals surface area contributed by atoms with E-state index in [1.54, 1.807) is 0 Å². The zero-order valence-corrected chi connectivity index (χ0v) is 16.9. The number of carbonyl (C=O) groups is 1. The van der Waals surface area contributed by atoms with Gasteiger partial charge >= 0.3 is 0 Å². The lowest BCUT2D eigenvalue weighted by atomic mass is 9.82. The van der Waals surface area contributed by atoms with E-state index in [4.69, 9.17) is 4.74 Å². The van der Waals surface area contributed by atoms with Crippen LogP contribution in [-0.4, -0.2) is 49.7 Å². The Labute approximate surface area is 160 Å². The van der Waals surface area contributed by atoms with Crippen LogP contribution in [0.4, 0.5) is 0 Å². The van der Waals surface area contributed by atoms with Crippen molar-refractivity contribution < 1.29 is 9.53 Å². The van der Waals surface area contributed by atoms with Crippen molar-refractivity contribution in [3.8, 4) is 0 Å². The van der Waals surface area contributed by atoms with Crippen LogP contribution < -0.4 is 5.32 Å². The Kier molecular flexibility index (Phi) is 8.25. The lowest BCUT2D eigenvalue weighted by Crippen LogP contribution is -2.49. The number of hydrogen-bond donors (Lipinski definition) is 1. The number of likely N-dealkylation sites (tertiary alicyclic amines) is 1. The van der Waals surface area contributed by atoms with Crippen LogP contribution >= 0.6 is 0 Å². The summed E-state index contributed by atoms with van der Waals surface area (Å²) < 4.78 is 5.67. The van der Waals surface area contributed by atoms with Crippen molar-refractivity contribution in [1.29, 1.82) is 0 Å². The summed E-state index contributed by atoms with van der Waals surface area (Å²) in [5, 5.41) is 3.48. The van der Waals surface area contributed by atoms with Gasteiger partial charge in [-0.1, -0.05) is 32.1 Å². The van der Waals surface area contributed by atoms with Gasteiger partial charge in [0.1, 0.15) is 0 Å². The third-order valence-corrected chi connectivity index (χ3v) is 6.87. The maximum absolute atomic E-state index is 12.7. The normalized spacial score (nSPS) is 31.7. The molecule has 0 spiro atoms. The molecule has 1 unspecified atom stereocenters. The van der Waals surface area contributed by atoms with Gasteiger partial charge in [0.15, 0.2) is 0 Å². The second-order valence-corrected chi connectivity index (χ2v) is 8.92. The fourth-order valence-electron chi connectivity index (χ4n) is 5.35. The van der Waals surface area contributed by atoms with Crippen molar-refractivity contribution in [1.82, 2.24) is 10.2 Å². The Morgan fingerprint density at radius 3 is 2.58 bits per heavy atom. The molecule has 1 N–H and O–H groups in total. The number of hydrogen-bond acceptors (Lipinski definition) is 3. The molecule has 26 heavy (non-hydrogen) atoms. The smallest absolute Gasteiger partial charge is 0.223 e. The van der Waals surface area contributed by atoms with Crippen LogP contribution in [0, 0.1) is 17.8 Å². The minimum Gasteiger partial charge on any atom is -0.381 e. The predicted octanol–water partition coefficient (Wildman–Crippen LogP) is 3.99. The third-order valence-electron chi connectivity index (χ3n) is 6.87. The maximum Gasteiger partial charge on any atom is 0.223 e. The molecule has 1 aliphatic heterocycles. The van der Waals surface area contributed by atoms with Crippen LogP contribution in [0.3, 0.4) is 0 Å². The molecule has 0 radical (unpaired) electrons. The molecule has 0 aromatic rings. The van der Waals surface area contributed by atoms with E-state index in [0.29, 0.717) is 23.8 Å². The van der Waals surface area contributed by atoms with Crippen molar-refractivity contribution in [3.05, 3.63) is 0 Å². The number of ether oxygens (including phenoxy) is 1. The number of nitrogens with zero attached hydrogens (tertiary/aromatic N) is 1. The SMILES string of the molecule is CCOCC1CCCN(C[C@H]2CCCC[C@@H]2NC(=O)C2CCCCC2)C1. The van der Waals surface area contributed by atoms with Crippen molar-refractivity contribution >= 4 is 5.91 Å². The standard InChI is InChI=1S/C22H40N2O2/c1-2-26-17-18-9-8-14-24(15-18)16-20-12-6-7-13-21(20)23-22(25)19-10-4-3-5-11-19/h18-21H,2-17H2,1H3,(H,23,25)/t18?,20-,21+/m1/s1. The molecule has 3 atom stereocenters. The van der Waals surface area contributed by atoms with Crippen LogP contribution in [0.5, 0.6) is 0 Å². The Morgan fingerprint density at radius 1 is 1.00 bits per heavy atom. The zero-order chi connectivity index (χ0) is 18.2. The Balaban J connectivity index is 1.49. The zero-order valence-electron chi connectivity index (χ0n) is 16.9. The lowest BCUT2D eigenvalue weighted by Gasteiger charge is -2.39. The van der Waals surface area contributed by atoms with E-state index in [0.717, 1.165) is 32.6 Å². The summed E-state index contributed by atoms with van der Waals surface area (Å²) in [6, 6.07) is 0.408. The molecule has 3 rings (SSSR count). The van der Waals surface area contributed by atoms with Crippen LogP contribution in [-0.2, 0) is 9.53 Å². The summed E-state index contributed by atoms with van der Waals surface area (Å²) >= 11 is 0. The lowest BCUT2D eigenvalue weighted by molar-refractivity contribution is -0.127. The highest BCUT2D eigenvalue weighted by atomic mass is 16.5. The van der Waals surface area contributed by atoms with Gasteiger partial charge in [-0.3, -0.25) is 4.79 Å². The van der Waals surface area contributed by atoms with Gasteiger partial charge in [0.05, 0.1) is 6.61 Å². The molecule has 3 fully saturated rings. The first-order valence-electron chi connectivity index (χ1n) is 11.4. The average molecular weight is 365 g/mol. The van der Waals surface area contributed by atoms with Crippen molar-refractivity contribution in [2.75, 3.05) is 32.8 Å². The Morgan fingerprint density at radius 2 is 1.77 bits per heavy atom. The molecule has 2 saturated carbocycles. The number of nitrogens with one attached hydrogen (secondary N) is 1. The van der Waals surface area contributed by atoms with E-state index in [-0.39, 0.29) is 5.92 Å². The average Bonchev–Trinajstić information content (AvgIpc) is 2.69. The minimum atomic E-state index is 0.289. The monoisotopic (exact) mass is 364 g/mol. The molecular weight excluding hydrogens is 324 g/mol. The fraction of sp³-hybridized carbons (Fsp3) is 0.955. The summed E-state index contributed by atoms with van der Waals surface area (Å²) in [7, 11) is 0. The largest absolute Gasteiger partial charge is 0.381 e.